The molecule has 39 heavy (non-hydrogen) atoms. The van der Waals surface area contributed by atoms with Gasteiger partial charge in [0.1, 0.15) is 0 Å². The lowest BCUT2D eigenvalue weighted by Crippen LogP contribution is -2.40. The molecule has 0 saturated carbocycles. The molecule has 0 unspecified atom stereocenters. The molecule has 0 aromatic carbocycles. The van der Waals surface area contributed by atoms with Crippen LogP contribution in [-0.4, -0.2) is 44.7 Å². The number of hydrogen-bond acceptors (Lipinski definition) is 2. The van der Waals surface area contributed by atoms with Crippen LogP contribution in [0.5, 0.6) is 0 Å². The van der Waals surface area contributed by atoms with E-state index in [2.05, 4.69) is 99.6 Å². The highest BCUT2D eigenvalue weighted by molar-refractivity contribution is 9.09. The molecule has 0 amide bonds. The second-order valence-electron chi connectivity index (χ2n) is 14.1. The maximum absolute atomic E-state index is 8.53. The Morgan fingerprint density at radius 3 is 1.08 bits per heavy atom. The molecule has 0 rings (SSSR count). The van der Waals surface area contributed by atoms with Crippen molar-refractivity contribution in [1.82, 2.24) is 0 Å². The molecule has 7 heteroatoms. The third-order valence-corrected chi connectivity index (χ3v) is 19.0. The Labute approximate surface area is 271 Å². The zero-order valence-corrected chi connectivity index (χ0v) is 34.1. The Morgan fingerprint density at radius 1 is 0.538 bits per heavy atom. The first-order valence-corrected chi connectivity index (χ1v) is 25.2. The number of alkyl halides is 2. The summed E-state index contributed by atoms with van der Waals surface area (Å²) in [6.07, 6.45) is 21.2. The van der Waals surface area contributed by atoms with Crippen molar-refractivity contribution in [3.8, 4) is 0 Å². The summed E-state index contributed by atoms with van der Waals surface area (Å²) in [7, 11) is -2.89. The van der Waals surface area contributed by atoms with Gasteiger partial charge in [-0.15, -0.1) is 0 Å². The minimum absolute atomic E-state index is 0.342. The Morgan fingerprint density at radius 2 is 0.821 bits per heavy atom. The van der Waals surface area contributed by atoms with E-state index in [9.17, 15) is 0 Å². The monoisotopic (exact) mass is 736 g/mol. The molecular formula is C32H71Br2ClO2Si2. The molecule has 0 aliphatic rings. The lowest BCUT2D eigenvalue weighted by molar-refractivity contribution is 0.277. The molecule has 0 aromatic rings. The van der Waals surface area contributed by atoms with E-state index in [1.165, 1.54) is 96.3 Å². The van der Waals surface area contributed by atoms with Crippen molar-refractivity contribution in [2.45, 2.75) is 181 Å². The Kier molecular flexibility index (Phi) is 31.4. The zero-order valence-electron chi connectivity index (χ0n) is 28.1. The van der Waals surface area contributed by atoms with Gasteiger partial charge in [0, 0.05) is 23.9 Å². The summed E-state index contributed by atoms with van der Waals surface area (Å²) in [6.45, 7) is 23.9. The first-order chi connectivity index (χ1) is 18.0. The van der Waals surface area contributed by atoms with Crippen LogP contribution < -0.4 is 0 Å². The Balaban J connectivity index is -0.000000552. The molecule has 0 bridgehead atoms. The minimum Gasteiger partial charge on any atom is -0.417 e. The topological polar surface area (TPSA) is 29.5 Å². The van der Waals surface area contributed by atoms with Gasteiger partial charge < -0.3 is 9.53 Å². The van der Waals surface area contributed by atoms with Gasteiger partial charge in [-0.2, -0.15) is 11.1 Å². The first kappa shape index (κ1) is 45.0. The molecular weight excluding hydrogens is 668 g/mol. The van der Waals surface area contributed by atoms with E-state index in [0.29, 0.717) is 16.7 Å². The van der Waals surface area contributed by atoms with Crippen LogP contribution in [0.3, 0.4) is 0 Å². The molecule has 0 atom stereocenters. The molecule has 1 N–H and O–H groups in total. The van der Waals surface area contributed by atoms with Crippen molar-refractivity contribution in [2.75, 3.05) is 23.9 Å². The van der Waals surface area contributed by atoms with Gasteiger partial charge in [0.05, 0.1) is 0 Å². The van der Waals surface area contributed by atoms with Crippen LogP contribution in [0, 0.1) is 0 Å². The second-order valence-corrected chi connectivity index (χ2v) is 27.8. The molecule has 2 nitrogen and oxygen atoms in total. The van der Waals surface area contributed by atoms with Crippen LogP contribution in [0.25, 0.3) is 0 Å². The Hall–Kier alpha value is 1.60. The van der Waals surface area contributed by atoms with Crippen LogP contribution >= 0.6 is 42.9 Å². The molecule has 0 aliphatic carbocycles. The molecule has 0 spiro atoms. The van der Waals surface area contributed by atoms with Crippen molar-refractivity contribution in [3.05, 3.63) is 0 Å². The highest BCUT2D eigenvalue weighted by Crippen LogP contribution is 2.38. The molecule has 0 saturated heterocycles. The number of rotatable bonds is 20. The van der Waals surface area contributed by atoms with Crippen LogP contribution in [-0.2, 0) is 4.43 Å². The average molecular weight is 739 g/mol. The molecule has 0 heterocycles. The molecule has 0 aromatic heterocycles. The zero-order chi connectivity index (χ0) is 30.8. The Bertz CT molecular complexity index is 480. The maximum atomic E-state index is 8.53. The third-order valence-electron chi connectivity index (χ3n) is 8.12. The predicted octanol–water partition coefficient (Wildman–Crippen LogP) is 13.2. The fourth-order valence-electron chi connectivity index (χ4n) is 3.07. The fraction of sp³-hybridized carbons (Fsp3) is 1.00. The van der Waals surface area contributed by atoms with Gasteiger partial charge in [-0.3, -0.25) is 0 Å². The van der Waals surface area contributed by atoms with Gasteiger partial charge in [0.25, 0.3) is 0 Å². The average Bonchev–Trinajstić information content (AvgIpc) is 2.81. The third kappa shape index (κ3) is 32.4. The number of hydrogen-bond donors (Lipinski definition) is 1. The van der Waals surface area contributed by atoms with Crippen molar-refractivity contribution in [3.63, 3.8) is 0 Å². The van der Waals surface area contributed by atoms with E-state index in [-0.39, 0.29) is 0 Å². The van der Waals surface area contributed by atoms with E-state index in [4.69, 9.17) is 20.6 Å². The normalized spacial score (nSPS) is 12.5. The second kappa shape index (κ2) is 27.2. The van der Waals surface area contributed by atoms with Crippen molar-refractivity contribution in [1.29, 1.82) is 0 Å². The number of aliphatic hydroxyl groups excluding tert-OH is 1. The van der Waals surface area contributed by atoms with Crippen LogP contribution in [0.2, 0.25) is 36.3 Å². The summed E-state index contributed by atoms with van der Waals surface area (Å²) >= 11 is 13.1. The molecule has 240 valence electrons. The van der Waals surface area contributed by atoms with Gasteiger partial charge >= 0.3 is 0 Å². The molecule has 0 radical (unpaired) electrons. The lowest BCUT2D eigenvalue weighted by Gasteiger charge is -2.36. The summed E-state index contributed by atoms with van der Waals surface area (Å²) in [6, 6.07) is 0. The smallest absolute Gasteiger partial charge is 0.191 e. The van der Waals surface area contributed by atoms with Gasteiger partial charge in [-0.1, -0.05) is 164 Å². The van der Waals surface area contributed by atoms with Crippen LogP contribution in [0.1, 0.15) is 144 Å². The summed E-state index contributed by atoms with van der Waals surface area (Å²) in [5, 5.41) is 11.5. The highest BCUT2D eigenvalue weighted by Gasteiger charge is 2.36. The predicted molar refractivity (Wildman–Crippen MR) is 195 cm³/mol. The lowest BCUT2D eigenvalue weighted by atomic mass is 10.1. The van der Waals surface area contributed by atoms with Crippen molar-refractivity contribution in [2.24, 2.45) is 0 Å². The van der Waals surface area contributed by atoms with E-state index < -0.39 is 15.7 Å². The number of aliphatic hydroxyl groups is 1. The van der Waals surface area contributed by atoms with Gasteiger partial charge in [0.2, 0.25) is 0 Å². The van der Waals surface area contributed by atoms with Crippen molar-refractivity contribution < 1.29 is 9.53 Å². The van der Waals surface area contributed by atoms with E-state index in [0.717, 1.165) is 23.7 Å². The quantitative estimate of drug-likeness (QED) is 0.0583. The van der Waals surface area contributed by atoms with Crippen LogP contribution in [0.15, 0.2) is 0 Å². The van der Waals surface area contributed by atoms with Gasteiger partial charge in [-0.25, -0.2) is 0 Å². The number of unbranched alkanes of at least 4 members (excludes halogenated alkanes) is 14. The molecule has 0 fully saturated rings. The highest BCUT2D eigenvalue weighted by atomic mass is 79.9. The standard InChI is InChI=1S/C16H35BrOSi.C10H21BrO.C6H15ClSi/c1-16(2,3)19(4,5)18-15-13-11-9-7-6-8-10-12-14-17;11-9-7-5-3-1-2-4-6-8-10-12;1-6(2,3)8(4,5)7/h6-15H2,1-5H3;12H,1-10H2;1-5H3. The van der Waals surface area contributed by atoms with E-state index in [1.807, 2.05) is 0 Å². The van der Waals surface area contributed by atoms with Gasteiger partial charge in [-0.05, 0) is 48.9 Å². The summed E-state index contributed by atoms with van der Waals surface area (Å²) < 4.78 is 6.19. The van der Waals surface area contributed by atoms with E-state index >= 15 is 0 Å². The largest absolute Gasteiger partial charge is 0.417 e. The SMILES string of the molecule is CC(C)(C)[Si](C)(C)Cl.CC(C)(C)[Si](C)(C)OCCCCCCCCCCBr.OCCCCCCCCCCBr. The number of halogens is 3. The summed E-state index contributed by atoms with van der Waals surface area (Å²) in [5.41, 5.74) is 0. The fourth-order valence-corrected chi connectivity index (χ4v) is 4.95. The van der Waals surface area contributed by atoms with Crippen molar-refractivity contribution >= 4 is 58.6 Å². The van der Waals surface area contributed by atoms with Crippen LogP contribution in [0.4, 0.5) is 0 Å². The molecule has 0 aliphatic heterocycles. The summed E-state index contributed by atoms with van der Waals surface area (Å²) in [5.74, 6) is 0. The minimum atomic E-state index is -1.50. The first-order valence-electron chi connectivity index (χ1n) is 16.0. The van der Waals surface area contributed by atoms with Gasteiger partial charge in [0.15, 0.2) is 15.7 Å². The maximum Gasteiger partial charge on any atom is 0.191 e. The van der Waals surface area contributed by atoms with E-state index in [1.54, 1.807) is 0 Å². The summed E-state index contributed by atoms with van der Waals surface area (Å²) in [4.78, 5) is 0.